The van der Waals surface area contributed by atoms with Crippen molar-refractivity contribution in [3.63, 3.8) is 0 Å². The molecular formula is C11H16N2. The van der Waals surface area contributed by atoms with E-state index in [1.54, 1.807) is 0 Å². The number of fused-ring (bicyclic) bond motifs is 1. The van der Waals surface area contributed by atoms with Gasteiger partial charge in [0, 0.05) is 12.2 Å². The largest absolute Gasteiger partial charge is 0.370 e. The minimum Gasteiger partial charge on any atom is -0.370 e. The van der Waals surface area contributed by atoms with E-state index in [1.165, 1.54) is 30.5 Å². The highest BCUT2D eigenvalue weighted by atomic mass is 15.0. The average Bonchev–Trinajstić information content (AvgIpc) is 2.41. The molecule has 0 atom stereocenters. The Kier molecular flexibility index (Phi) is 2.48. The monoisotopic (exact) mass is 176 g/mol. The Labute approximate surface area is 79.4 Å². The topological polar surface area (TPSA) is 24.9 Å². The summed E-state index contributed by atoms with van der Waals surface area (Å²) < 4.78 is 0. The summed E-state index contributed by atoms with van der Waals surface area (Å²) >= 11 is 0. The zero-order valence-corrected chi connectivity index (χ0v) is 8.14. The Morgan fingerprint density at radius 1 is 1.38 bits per heavy atom. The highest BCUT2D eigenvalue weighted by Crippen LogP contribution is 2.19. The molecule has 70 valence electrons. The SMILES string of the molecule is CCc1ccc2c(n1)NCCCC2. The zero-order valence-electron chi connectivity index (χ0n) is 8.14. The first-order valence-electron chi connectivity index (χ1n) is 5.13. The van der Waals surface area contributed by atoms with E-state index in [0.29, 0.717) is 0 Å². The number of hydrogen-bond acceptors (Lipinski definition) is 2. The molecule has 0 saturated heterocycles. The van der Waals surface area contributed by atoms with E-state index in [0.717, 1.165) is 18.8 Å². The fourth-order valence-corrected chi connectivity index (χ4v) is 1.73. The fraction of sp³-hybridized carbons (Fsp3) is 0.545. The summed E-state index contributed by atoms with van der Waals surface area (Å²) in [6, 6.07) is 4.37. The third-order valence-corrected chi connectivity index (χ3v) is 2.56. The first-order valence-corrected chi connectivity index (χ1v) is 5.13. The molecule has 1 aliphatic heterocycles. The lowest BCUT2D eigenvalue weighted by Crippen LogP contribution is -2.03. The number of nitrogens with zero attached hydrogens (tertiary/aromatic N) is 1. The first-order chi connectivity index (χ1) is 6.40. The molecule has 0 radical (unpaired) electrons. The number of rotatable bonds is 1. The van der Waals surface area contributed by atoms with Crippen molar-refractivity contribution < 1.29 is 0 Å². The lowest BCUT2D eigenvalue weighted by atomic mass is 10.1. The Balaban J connectivity index is 2.32. The van der Waals surface area contributed by atoms with Crippen molar-refractivity contribution in [2.24, 2.45) is 0 Å². The van der Waals surface area contributed by atoms with Gasteiger partial charge in [0.15, 0.2) is 0 Å². The molecule has 1 N–H and O–H groups in total. The molecule has 1 aromatic rings. The molecule has 0 amide bonds. The standard InChI is InChI=1S/C11H16N2/c1-2-10-7-6-9-5-3-4-8-12-11(9)13-10/h6-7H,2-5,8H2,1H3,(H,12,13). The summed E-state index contributed by atoms with van der Waals surface area (Å²) in [4.78, 5) is 4.58. The summed E-state index contributed by atoms with van der Waals surface area (Å²) in [7, 11) is 0. The van der Waals surface area contributed by atoms with Crippen LogP contribution < -0.4 is 5.32 Å². The quantitative estimate of drug-likeness (QED) is 0.710. The molecule has 0 saturated carbocycles. The van der Waals surface area contributed by atoms with Gasteiger partial charge in [-0.15, -0.1) is 0 Å². The van der Waals surface area contributed by atoms with Gasteiger partial charge in [-0.3, -0.25) is 0 Å². The van der Waals surface area contributed by atoms with Crippen molar-refractivity contribution in [2.75, 3.05) is 11.9 Å². The molecule has 0 spiro atoms. The van der Waals surface area contributed by atoms with Crippen LogP contribution in [0, 0.1) is 0 Å². The van der Waals surface area contributed by atoms with Gasteiger partial charge in [-0.2, -0.15) is 0 Å². The van der Waals surface area contributed by atoms with Crippen molar-refractivity contribution in [3.8, 4) is 0 Å². The number of pyridine rings is 1. The van der Waals surface area contributed by atoms with Crippen LogP contribution >= 0.6 is 0 Å². The summed E-state index contributed by atoms with van der Waals surface area (Å²) in [6.07, 6.45) is 4.75. The Hall–Kier alpha value is -1.05. The molecule has 2 heteroatoms. The summed E-state index contributed by atoms with van der Waals surface area (Å²) in [6.45, 7) is 3.22. The second-order valence-corrected chi connectivity index (χ2v) is 3.55. The van der Waals surface area contributed by atoms with Crippen molar-refractivity contribution in [2.45, 2.75) is 32.6 Å². The van der Waals surface area contributed by atoms with Gasteiger partial charge in [0.1, 0.15) is 5.82 Å². The van der Waals surface area contributed by atoms with E-state index in [1.807, 2.05) is 0 Å². The number of anilines is 1. The molecule has 0 aromatic carbocycles. The second-order valence-electron chi connectivity index (χ2n) is 3.55. The Bertz CT molecular complexity index is 294. The van der Waals surface area contributed by atoms with E-state index < -0.39 is 0 Å². The van der Waals surface area contributed by atoms with E-state index in [2.05, 4.69) is 29.4 Å². The molecule has 0 bridgehead atoms. The van der Waals surface area contributed by atoms with Crippen molar-refractivity contribution in [3.05, 3.63) is 23.4 Å². The van der Waals surface area contributed by atoms with Gasteiger partial charge in [-0.25, -0.2) is 4.98 Å². The van der Waals surface area contributed by atoms with Gasteiger partial charge in [-0.1, -0.05) is 13.0 Å². The highest BCUT2D eigenvalue weighted by Gasteiger charge is 2.07. The van der Waals surface area contributed by atoms with Crippen LogP contribution in [0.4, 0.5) is 5.82 Å². The van der Waals surface area contributed by atoms with Gasteiger partial charge in [0.2, 0.25) is 0 Å². The maximum atomic E-state index is 4.58. The van der Waals surface area contributed by atoms with Gasteiger partial charge < -0.3 is 5.32 Å². The third kappa shape index (κ3) is 1.82. The van der Waals surface area contributed by atoms with E-state index in [9.17, 15) is 0 Å². The molecule has 0 aliphatic carbocycles. The molecule has 0 fully saturated rings. The summed E-state index contributed by atoms with van der Waals surface area (Å²) in [5.74, 6) is 1.12. The van der Waals surface area contributed by atoms with Crippen molar-refractivity contribution in [1.82, 2.24) is 4.98 Å². The van der Waals surface area contributed by atoms with Gasteiger partial charge in [0.25, 0.3) is 0 Å². The van der Waals surface area contributed by atoms with E-state index in [4.69, 9.17) is 0 Å². The van der Waals surface area contributed by atoms with Gasteiger partial charge in [-0.05, 0) is 37.3 Å². The van der Waals surface area contributed by atoms with Crippen LogP contribution in [0.1, 0.15) is 31.0 Å². The smallest absolute Gasteiger partial charge is 0.129 e. The molecular weight excluding hydrogens is 160 g/mol. The molecule has 2 rings (SSSR count). The lowest BCUT2D eigenvalue weighted by Gasteiger charge is -2.07. The van der Waals surface area contributed by atoms with Crippen LogP contribution in [0.15, 0.2) is 12.1 Å². The normalized spacial score (nSPS) is 15.8. The van der Waals surface area contributed by atoms with Crippen molar-refractivity contribution in [1.29, 1.82) is 0 Å². The van der Waals surface area contributed by atoms with Crippen LogP contribution in [0.5, 0.6) is 0 Å². The minimum atomic E-state index is 1.02. The van der Waals surface area contributed by atoms with Gasteiger partial charge >= 0.3 is 0 Å². The van der Waals surface area contributed by atoms with Crippen LogP contribution in [0.3, 0.4) is 0 Å². The van der Waals surface area contributed by atoms with Gasteiger partial charge in [0.05, 0.1) is 0 Å². The minimum absolute atomic E-state index is 1.02. The summed E-state index contributed by atoms with van der Waals surface area (Å²) in [5, 5.41) is 3.39. The second kappa shape index (κ2) is 3.77. The van der Waals surface area contributed by atoms with Crippen LogP contribution in [-0.4, -0.2) is 11.5 Å². The Morgan fingerprint density at radius 3 is 3.15 bits per heavy atom. The molecule has 0 unspecified atom stereocenters. The Morgan fingerprint density at radius 2 is 2.31 bits per heavy atom. The average molecular weight is 176 g/mol. The molecule has 1 aliphatic rings. The van der Waals surface area contributed by atoms with Crippen molar-refractivity contribution >= 4 is 5.82 Å². The first kappa shape index (κ1) is 8.54. The third-order valence-electron chi connectivity index (χ3n) is 2.56. The van der Waals surface area contributed by atoms with E-state index >= 15 is 0 Å². The number of nitrogens with one attached hydrogen (secondary N) is 1. The number of aryl methyl sites for hydroxylation is 2. The molecule has 2 nitrogen and oxygen atoms in total. The highest BCUT2D eigenvalue weighted by molar-refractivity contribution is 5.45. The zero-order chi connectivity index (χ0) is 9.10. The van der Waals surface area contributed by atoms with Crippen LogP contribution in [0.25, 0.3) is 0 Å². The maximum absolute atomic E-state index is 4.58. The maximum Gasteiger partial charge on any atom is 0.129 e. The van der Waals surface area contributed by atoms with Crippen LogP contribution in [0.2, 0.25) is 0 Å². The fourth-order valence-electron chi connectivity index (χ4n) is 1.73. The molecule has 2 heterocycles. The molecule has 13 heavy (non-hydrogen) atoms. The van der Waals surface area contributed by atoms with E-state index in [-0.39, 0.29) is 0 Å². The van der Waals surface area contributed by atoms with Crippen LogP contribution in [-0.2, 0) is 12.8 Å². The lowest BCUT2D eigenvalue weighted by molar-refractivity contribution is 0.785. The number of hydrogen-bond donors (Lipinski definition) is 1. The number of aromatic nitrogens is 1. The predicted octanol–water partition coefficient (Wildman–Crippen LogP) is 2.39. The molecule has 1 aromatic heterocycles. The predicted molar refractivity (Wildman–Crippen MR) is 55.0 cm³/mol. The summed E-state index contributed by atoms with van der Waals surface area (Å²) in [5.41, 5.74) is 2.57.